The third-order valence-electron chi connectivity index (χ3n) is 13.0. The van der Waals surface area contributed by atoms with Gasteiger partial charge >= 0.3 is 0 Å². The largest absolute Gasteiger partial charge is 0.455 e. The smallest absolute Gasteiger partial charge is 0.143 e. The van der Waals surface area contributed by atoms with E-state index < -0.39 is 0 Å². The Labute approximate surface area is 355 Å². The molecule has 0 atom stereocenters. The molecular formula is C59H41NO. The first-order chi connectivity index (χ1) is 30.1. The Kier molecular flexibility index (Phi) is 7.92. The van der Waals surface area contributed by atoms with Crippen molar-refractivity contribution in [1.82, 2.24) is 0 Å². The Hall–Kier alpha value is -7.68. The number of fused-ring (bicyclic) bond motifs is 10. The Morgan fingerprint density at radius 3 is 1.67 bits per heavy atom. The van der Waals surface area contributed by atoms with Gasteiger partial charge in [0.1, 0.15) is 11.2 Å². The summed E-state index contributed by atoms with van der Waals surface area (Å²) in [5.41, 5.74) is 17.3. The number of benzene rings is 10. The van der Waals surface area contributed by atoms with Gasteiger partial charge in [-0.2, -0.15) is 0 Å². The minimum Gasteiger partial charge on any atom is -0.455 e. The van der Waals surface area contributed by atoms with Gasteiger partial charge in [0.2, 0.25) is 0 Å². The molecule has 1 aliphatic rings. The van der Waals surface area contributed by atoms with Crippen LogP contribution in [-0.2, 0) is 5.41 Å². The maximum atomic E-state index is 6.75. The van der Waals surface area contributed by atoms with Crippen molar-refractivity contribution in [2.45, 2.75) is 19.3 Å². The van der Waals surface area contributed by atoms with Crippen LogP contribution in [0, 0.1) is 0 Å². The number of rotatable bonds is 6. The summed E-state index contributed by atoms with van der Waals surface area (Å²) in [5.74, 6) is 0. The number of furan rings is 1. The Balaban J connectivity index is 1.15. The number of hydrogen-bond donors (Lipinski definition) is 0. The second-order valence-electron chi connectivity index (χ2n) is 16.8. The first kappa shape index (κ1) is 35.3. The first-order valence-electron chi connectivity index (χ1n) is 21.2. The van der Waals surface area contributed by atoms with E-state index in [-0.39, 0.29) is 5.41 Å². The third kappa shape index (κ3) is 5.35. The molecule has 0 unspecified atom stereocenters. The molecule has 2 nitrogen and oxygen atoms in total. The van der Waals surface area contributed by atoms with E-state index >= 15 is 0 Å². The van der Waals surface area contributed by atoms with E-state index in [0.29, 0.717) is 0 Å². The van der Waals surface area contributed by atoms with Gasteiger partial charge in [0.25, 0.3) is 0 Å². The second-order valence-corrected chi connectivity index (χ2v) is 16.8. The maximum Gasteiger partial charge on any atom is 0.143 e. The van der Waals surface area contributed by atoms with Crippen LogP contribution < -0.4 is 4.90 Å². The predicted molar refractivity (Wildman–Crippen MR) is 257 cm³/mol. The van der Waals surface area contributed by atoms with E-state index in [1.165, 1.54) is 49.5 Å². The molecule has 0 spiro atoms. The molecule has 0 aliphatic heterocycles. The normalized spacial score (nSPS) is 12.9. The van der Waals surface area contributed by atoms with Crippen molar-refractivity contribution in [3.05, 3.63) is 223 Å². The van der Waals surface area contributed by atoms with Crippen LogP contribution >= 0.6 is 0 Å². The summed E-state index contributed by atoms with van der Waals surface area (Å²) in [6, 6.07) is 77.3. The summed E-state index contributed by atoms with van der Waals surface area (Å²) in [6.45, 7) is 4.78. The summed E-state index contributed by atoms with van der Waals surface area (Å²) >= 11 is 0. The topological polar surface area (TPSA) is 16.4 Å². The van der Waals surface area contributed by atoms with Crippen LogP contribution in [0.25, 0.3) is 88.0 Å². The third-order valence-corrected chi connectivity index (χ3v) is 13.0. The molecule has 61 heavy (non-hydrogen) atoms. The van der Waals surface area contributed by atoms with Gasteiger partial charge in [-0.05, 0) is 85.4 Å². The zero-order valence-corrected chi connectivity index (χ0v) is 34.1. The second kappa shape index (κ2) is 13.7. The minimum atomic E-state index is -0.181. The average Bonchev–Trinajstić information content (AvgIpc) is 3.82. The molecule has 12 rings (SSSR count). The lowest BCUT2D eigenvalue weighted by Crippen LogP contribution is -2.15. The molecule has 2 heteroatoms. The van der Waals surface area contributed by atoms with Gasteiger partial charge in [0.05, 0.1) is 17.1 Å². The Bertz CT molecular complexity index is 3520. The minimum absolute atomic E-state index is 0.181. The van der Waals surface area contributed by atoms with Gasteiger partial charge in [0, 0.05) is 38.3 Å². The van der Waals surface area contributed by atoms with Crippen LogP contribution in [0.3, 0.4) is 0 Å². The molecule has 0 bridgehead atoms. The van der Waals surface area contributed by atoms with Gasteiger partial charge in [-0.15, -0.1) is 0 Å². The molecule has 0 radical (unpaired) electrons. The number of anilines is 3. The van der Waals surface area contributed by atoms with Crippen LogP contribution in [0.2, 0.25) is 0 Å². The number of para-hydroxylation sites is 3. The van der Waals surface area contributed by atoms with Gasteiger partial charge in [-0.1, -0.05) is 196 Å². The quantitative estimate of drug-likeness (QED) is 0.167. The molecule has 10 aromatic carbocycles. The van der Waals surface area contributed by atoms with E-state index in [2.05, 4.69) is 231 Å². The van der Waals surface area contributed by atoms with Crippen molar-refractivity contribution in [1.29, 1.82) is 0 Å². The van der Waals surface area contributed by atoms with Crippen LogP contribution in [-0.4, -0.2) is 0 Å². The van der Waals surface area contributed by atoms with Gasteiger partial charge in [-0.25, -0.2) is 0 Å². The van der Waals surface area contributed by atoms with Crippen LogP contribution in [0.15, 0.2) is 217 Å². The molecule has 0 amide bonds. The number of hydrogen-bond acceptors (Lipinski definition) is 2. The van der Waals surface area contributed by atoms with Crippen molar-refractivity contribution < 1.29 is 4.42 Å². The highest BCUT2D eigenvalue weighted by atomic mass is 16.3. The molecule has 0 saturated heterocycles. The fraction of sp³-hybridized carbons (Fsp3) is 0.0508. The molecule has 1 heterocycles. The SMILES string of the molecule is CC1(C)c2cccc(-c3ccccc3N(c3ccccc3-c3ccccc3)c3ccccc3-c3cccc4oc5c6ccccc6ccc5c34)c2-c2ccc3ccccc3c21. The summed E-state index contributed by atoms with van der Waals surface area (Å²) in [7, 11) is 0. The fourth-order valence-corrected chi connectivity index (χ4v) is 10.4. The Morgan fingerprint density at radius 2 is 0.918 bits per heavy atom. The molecule has 0 saturated carbocycles. The van der Waals surface area contributed by atoms with Crippen LogP contribution in [0.1, 0.15) is 25.0 Å². The van der Waals surface area contributed by atoms with E-state index in [9.17, 15) is 0 Å². The summed E-state index contributed by atoms with van der Waals surface area (Å²) in [6.07, 6.45) is 0. The first-order valence-corrected chi connectivity index (χ1v) is 21.2. The lowest BCUT2D eigenvalue weighted by Gasteiger charge is -2.32. The Morgan fingerprint density at radius 1 is 0.377 bits per heavy atom. The van der Waals surface area contributed by atoms with Crippen molar-refractivity contribution in [3.8, 4) is 44.5 Å². The zero-order chi connectivity index (χ0) is 40.7. The summed E-state index contributed by atoms with van der Waals surface area (Å²) in [5, 5.41) is 7.12. The lowest BCUT2D eigenvalue weighted by atomic mass is 9.80. The summed E-state index contributed by atoms with van der Waals surface area (Å²) < 4.78 is 6.75. The van der Waals surface area contributed by atoms with Crippen molar-refractivity contribution in [2.75, 3.05) is 4.90 Å². The molecule has 1 aromatic heterocycles. The van der Waals surface area contributed by atoms with Crippen molar-refractivity contribution in [3.63, 3.8) is 0 Å². The van der Waals surface area contributed by atoms with E-state index in [1.807, 2.05) is 0 Å². The lowest BCUT2D eigenvalue weighted by molar-refractivity contribution is 0.666. The van der Waals surface area contributed by atoms with Gasteiger partial charge in [0.15, 0.2) is 0 Å². The van der Waals surface area contributed by atoms with Crippen molar-refractivity contribution in [2.24, 2.45) is 0 Å². The monoisotopic (exact) mass is 779 g/mol. The highest BCUT2D eigenvalue weighted by Gasteiger charge is 2.39. The summed E-state index contributed by atoms with van der Waals surface area (Å²) in [4.78, 5) is 2.50. The highest BCUT2D eigenvalue weighted by molar-refractivity contribution is 6.20. The molecule has 0 N–H and O–H groups in total. The molecule has 1 aliphatic carbocycles. The molecule has 11 aromatic rings. The van der Waals surface area contributed by atoms with Crippen LogP contribution in [0.5, 0.6) is 0 Å². The zero-order valence-electron chi connectivity index (χ0n) is 34.1. The standard InChI is InChI=1S/C59H41NO/c1-59(2)50-29-16-27-46(55(50)48-36-34-39-20-6-8-23-42(39)57(48)59)44-25-11-14-31-52(44)60(51-30-13-10-22-41(51)38-18-4-3-5-19-38)53-32-15-12-26-45(53)47-28-17-33-54-56(47)49-37-35-40-21-7-9-24-43(40)58(49)61-54/h3-37H,1-2H3. The van der Waals surface area contributed by atoms with E-state index in [1.54, 1.807) is 0 Å². The van der Waals surface area contributed by atoms with Crippen LogP contribution in [0.4, 0.5) is 17.1 Å². The van der Waals surface area contributed by atoms with E-state index in [4.69, 9.17) is 4.42 Å². The van der Waals surface area contributed by atoms with Crippen molar-refractivity contribution >= 4 is 60.5 Å². The molecule has 288 valence electrons. The van der Waals surface area contributed by atoms with E-state index in [0.717, 1.165) is 66.6 Å². The molecular weight excluding hydrogens is 739 g/mol. The maximum absolute atomic E-state index is 6.75. The number of nitrogens with zero attached hydrogens (tertiary/aromatic N) is 1. The predicted octanol–water partition coefficient (Wildman–Crippen LogP) is 16.7. The molecule has 0 fully saturated rings. The average molecular weight is 780 g/mol. The van der Waals surface area contributed by atoms with Gasteiger partial charge in [-0.3, -0.25) is 0 Å². The fourth-order valence-electron chi connectivity index (χ4n) is 10.4. The highest BCUT2D eigenvalue weighted by Crippen LogP contribution is 2.56. The van der Waals surface area contributed by atoms with Gasteiger partial charge < -0.3 is 9.32 Å².